The zero-order valence-corrected chi connectivity index (χ0v) is 18.4. The molecule has 0 radical (unpaired) electrons. The molecule has 0 aliphatic carbocycles. The van der Waals surface area contributed by atoms with Crippen molar-refractivity contribution < 1.29 is 19.0 Å². The van der Waals surface area contributed by atoms with Crippen molar-refractivity contribution in [3.8, 4) is 0 Å². The Morgan fingerprint density at radius 3 is 1.89 bits per heavy atom. The van der Waals surface area contributed by atoms with Crippen LogP contribution in [0.2, 0.25) is 0 Å². The smallest absolute Gasteiger partial charge is 0.305 e. The van der Waals surface area contributed by atoms with Crippen molar-refractivity contribution in [3.63, 3.8) is 0 Å². The molecule has 0 aromatic carbocycles. The number of carbonyl (C=O) groups excluding carboxylic acids is 1. The second-order valence-corrected chi connectivity index (χ2v) is 7.91. The molecule has 0 spiro atoms. The number of hydrogen-bond acceptors (Lipinski definition) is 4. The first-order chi connectivity index (χ1) is 13.2. The average Bonchev–Trinajstić information content (AvgIpc) is 2.64. The maximum atomic E-state index is 11.6. The minimum Gasteiger partial charge on any atom is -0.466 e. The van der Waals surface area contributed by atoms with Gasteiger partial charge in [-0.2, -0.15) is 0 Å². The van der Waals surface area contributed by atoms with Crippen LogP contribution in [0.4, 0.5) is 0 Å². The molecule has 0 aliphatic heterocycles. The van der Waals surface area contributed by atoms with Gasteiger partial charge in [0.25, 0.3) is 0 Å². The van der Waals surface area contributed by atoms with Crippen molar-refractivity contribution in [2.24, 2.45) is 5.92 Å². The molecule has 0 heterocycles. The highest BCUT2D eigenvalue weighted by Gasteiger charge is 2.02. The summed E-state index contributed by atoms with van der Waals surface area (Å²) in [5.74, 6) is 0.713. The summed E-state index contributed by atoms with van der Waals surface area (Å²) in [6.45, 7) is 10.0. The second-order valence-electron chi connectivity index (χ2n) is 7.91. The third-order valence-corrected chi connectivity index (χ3v) is 4.62. The monoisotopic (exact) mass is 386 g/mol. The Morgan fingerprint density at radius 1 is 0.667 bits per heavy atom. The molecule has 0 fully saturated rings. The third-order valence-electron chi connectivity index (χ3n) is 4.62. The van der Waals surface area contributed by atoms with Gasteiger partial charge in [-0.3, -0.25) is 4.79 Å². The van der Waals surface area contributed by atoms with Crippen molar-refractivity contribution in [2.45, 2.75) is 104 Å². The van der Waals surface area contributed by atoms with Crippen LogP contribution >= 0.6 is 0 Å². The van der Waals surface area contributed by atoms with Gasteiger partial charge in [0.05, 0.1) is 19.8 Å². The van der Waals surface area contributed by atoms with Gasteiger partial charge in [0.1, 0.15) is 0 Å². The van der Waals surface area contributed by atoms with Crippen LogP contribution in [0.25, 0.3) is 0 Å². The lowest BCUT2D eigenvalue weighted by molar-refractivity contribution is -0.144. The fourth-order valence-electron chi connectivity index (χ4n) is 2.89. The molecular weight excluding hydrogens is 340 g/mol. The molecule has 0 aliphatic rings. The fraction of sp³-hybridized carbons (Fsp3) is 0.957. The van der Waals surface area contributed by atoms with Gasteiger partial charge in [0.2, 0.25) is 0 Å². The van der Waals surface area contributed by atoms with Crippen LogP contribution in [-0.4, -0.2) is 39.0 Å². The first-order valence-electron chi connectivity index (χ1n) is 11.5. The van der Waals surface area contributed by atoms with Gasteiger partial charge in [0.15, 0.2) is 0 Å². The lowest BCUT2D eigenvalue weighted by Gasteiger charge is -2.07. The van der Waals surface area contributed by atoms with Crippen molar-refractivity contribution >= 4 is 5.97 Å². The number of carbonyl (C=O) groups is 1. The number of esters is 1. The van der Waals surface area contributed by atoms with Crippen molar-refractivity contribution in [2.75, 3.05) is 33.0 Å². The summed E-state index contributed by atoms with van der Waals surface area (Å²) in [5, 5.41) is 0. The van der Waals surface area contributed by atoms with E-state index in [4.69, 9.17) is 14.2 Å². The van der Waals surface area contributed by atoms with Crippen LogP contribution in [0.5, 0.6) is 0 Å². The molecule has 0 saturated heterocycles. The Balaban J connectivity index is 3.15. The molecular formula is C23H46O4. The number of ether oxygens (including phenoxy) is 3. The van der Waals surface area contributed by atoms with E-state index in [-0.39, 0.29) is 5.97 Å². The van der Waals surface area contributed by atoms with Crippen molar-refractivity contribution in [1.29, 1.82) is 0 Å². The third kappa shape index (κ3) is 23.4. The molecule has 0 rings (SSSR count). The van der Waals surface area contributed by atoms with Gasteiger partial charge >= 0.3 is 5.97 Å². The Hall–Kier alpha value is -0.610. The van der Waals surface area contributed by atoms with E-state index in [0.29, 0.717) is 32.8 Å². The van der Waals surface area contributed by atoms with Crippen molar-refractivity contribution in [3.05, 3.63) is 0 Å². The number of hydrogen-bond donors (Lipinski definition) is 0. The maximum absolute atomic E-state index is 11.6. The molecule has 4 nitrogen and oxygen atoms in total. The van der Waals surface area contributed by atoms with E-state index in [1.165, 1.54) is 51.4 Å². The minimum absolute atomic E-state index is 0.0956. The summed E-state index contributed by atoms with van der Waals surface area (Å²) in [4.78, 5) is 11.6. The predicted octanol–water partition coefficient (Wildman–Crippen LogP) is 6.31. The largest absolute Gasteiger partial charge is 0.466 e. The fourth-order valence-corrected chi connectivity index (χ4v) is 2.89. The topological polar surface area (TPSA) is 44.8 Å². The lowest BCUT2D eigenvalue weighted by atomic mass is 10.0. The van der Waals surface area contributed by atoms with Gasteiger partial charge in [-0.1, -0.05) is 78.6 Å². The van der Waals surface area contributed by atoms with E-state index in [1.807, 2.05) is 0 Å². The standard InChI is InChI=1S/C23H46O4/c1-4-5-6-9-12-17-25-20-21-26-18-14-16-23(24)27-19-13-10-7-8-11-15-22(2)3/h22H,4-21H2,1-3H3. The van der Waals surface area contributed by atoms with E-state index in [0.717, 1.165) is 38.2 Å². The van der Waals surface area contributed by atoms with Crippen molar-refractivity contribution in [1.82, 2.24) is 0 Å². The molecule has 4 heteroatoms. The normalized spacial score (nSPS) is 11.3. The van der Waals surface area contributed by atoms with Gasteiger partial charge in [-0.25, -0.2) is 0 Å². The lowest BCUT2D eigenvalue weighted by Crippen LogP contribution is -2.09. The first kappa shape index (κ1) is 26.4. The Labute approximate surface area is 168 Å². The molecule has 162 valence electrons. The van der Waals surface area contributed by atoms with Crippen LogP contribution in [-0.2, 0) is 19.0 Å². The van der Waals surface area contributed by atoms with E-state index < -0.39 is 0 Å². The van der Waals surface area contributed by atoms with E-state index in [1.54, 1.807) is 0 Å². The van der Waals surface area contributed by atoms with E-state index in [2.05, 4.69) is 20.8 Å². The molecule has 0 aromatic heterocycles. The van der Waals surface area contributed by atoms with Crippen LogP contribution in [0, 0.1) is 5.92 Å². The Kier molecular flexibility index (Phi) is 21.2. The maximum Gasteiger partial charge on any atom is 0.305 e. The highest BCUT2D eigenvalue weighted by molar-refractivity contribution is 5.69. The van der Waals surface area contributed by atoms with Crippen LogP contribution in [0.15, 0.2) is 0 Å². The average molecular weight is 387 g/mol. The molecule has 0 unspecified atom stereocenters. The summed E-state index contributed by atoms with van der Waals surface area (Å²) in [6, 6.07) is 0. The molecule has 0 N–H and O–H groups in total. The van der Waals surface area contributed by atoms with E-state index >= 15 is 0 Å². The Bertz CT molecular complexity index is 305. The van der Waals surface area contributed by atoms with Gasteiger partial charge in [0, 0.05) is 19.6 Å². The van der Waals surface area contributed by atoms with Crippen LogP contribution < -0.4 is 0 Å². The zero-order valence-electron chi connectivity index (χ0n) is 18.4. The molecule has 0 atom stereocenters. The molecule has 0 amide bonds. The molecule has 0 bridgehead atoms. The number of unbranched alkanes of at least 4 members (excludes halogenated alkanes) is 8. The second kappa shape index (κ2) is 21.7. The summed E-state index contributed by atoms with van der Waals surface area (Å²) < 4.78 is 16.3. The quantitative estimate of drug-likeness (QED) is 0.171. The minimum atomic E-state index is -0.0956. The molecule has 0 saturated carbocycles. The summed E-state index contributed by atoms with van der Waals surface area (Å²) in [5.41, 5.74) is 0. The summed E-state index contributed by atoms with van der Waals surface area (Å²) >= 11 is 0. The van der Waals surface area contributed by atoms with E-state index in [9.17, 15) is 4.79 Å². The molecule has 0 aromatic rings. The zero-order chi connectivity index (χ0) is 20.0. The van der Waals surface area contributed by atoms with Gasteiger partial charge in [-0.15, -0.1) is 0 Å². The SMILES string of the molecule is CCCCCCCOCCOCCCC(=O)OCCCCCCCC(C)C. The van der Waals surface area contributed by atoms with Gasteiger partial charge in [-0.05, 0) is 25.2 Å². The van der Waals surface area contributed by atoms with Crippen LogP contribution in [0.1, 0.15) is 104 Å². The van der Waals surface area contributed by atoms with Gasteiger partial charge < -0.3 is 14.2 Å². The van der Waals surface area contributed by atoms with Crippen LogP contribution in [0.3, 0.4) is 0 Å². The summed E-state index contributed by atoms with van der Waals surface area (Å²) in [7, 11) is 0. The number of rotatable bonds is 21. The first-order valence-corrected chi connectivity index (χ1v) is 11.5. The highest BCUT2D eigenvalue weighted by atomic mass is 16.5. The predicted molar refractivity (Wildman–Crippen MR) is 113 cm³/mol. The Morgan fingerprint density at radius 2 is 1.22 bits per heavy atom. The highest BCUT2D eigenvalue weighted by Crippen LogP contribution is 2.10. The summed E-state index contributed by atoms with van der Waals surface area (Å²) in [6.07, 6.45) is 14.8. The molecule has 27 heavy (non-hydrogen) atoms.